The zero-order valence-corrected chi connectivity index (χ0v) is 21.5. The molecule has 8 nitrogen and oxygen atoms in total. The normalized spacial score (nSPS) is 14.9. The molecule has 1 atom stereocenters. The van der Waals surface area contributed by atoms with Gasteiger partial charge in [-0.15, -0.1) is 5.10 Å². The van der Waals surface area contributed by atoms with Gasteiger partial charge < -0.3 is 10.6 Å². The van der Waals surface area contributed by atoms with Crippen LogP contribution in [-0.4, -0.2) is 25.0 Å². The van der Waals surface area contributed by atoms with Crippen LogP contribution in [0.1, 0.15) is 43.1 Å². The Labute approximate surface area is 232 Å². The van der Waals surface area contributed by atoms with Gasteiger partial charge in [-0.25, -0.2) is 14.1 Å². The predicted octanol–water partition coefficient (Wildman–Crippen LogP) is 6.96. The first kappa shape index (κ1) is 23.8. The topological polar surface area (TPSA) is 104 Å². The third-order valence-electron chi connectivity index (χ3n) is 6.21. The van der Waals surface area contributed by atoms with Gasteiger partial charge in [0.25, 0.3) is 0 Å². The van der Waals surface area contributed by atoms with Gasteiger partial charge in [0.2, 0.25) is 5.95 Å². The van der Waals surface area contributed by atoms with Crippen LogP contribution in [0.4, 0.5) is 25.8 Å². The molecule has 2 N–H and O–H groups in total. The molecule has 2 aromatic carbocycles. The van der Waals surface area contributed by atoms with Crippen molar-refractivity contribution in [2.75, 3.05) is 10.6 Å². The average molecular weight is 564 g/mol. The van der Waals surface area contributed by atoms with E-state index in [-0.39, 0.29) is 28.0 Å². The molecule has 6 rings (SSSR count). The number of aromatic nitrogens is 5. The number of benzene rings is 2. The molecule has 1 saturated carbocycles. The van der Waals surface area contributed by atoms with E-state index in [9.17, 15) is 15.4 Å². The largest absolute Gasteiger partial charge is 0.373 e. The SMILES string of the molecule is [2H][C@@](Nc1cc(Cl)c2ncc(C#N)c(Nc3cnc(F)c(F)c3)c2c1)(c1cn(C2CC2)nn1)c1ccccc1Cl. The van der Waals surface area contributed by atoms with Crippen molar-refractivity contribution in [1.29, 1.82) is 5.26 Å². The summed E-state index contributed by atoms with van der Waals surface area (Å²) >= 11 is 13.2. The van der Waals surface area contributed by atoms with Crippen LogP contribution in [0.15, 0.2) is 61.1 Å². The first-order valence-corrected chi connectivity index (χ1v) is 12.6. The van der Waals surface area contributed by atoms with Crippen LogP contribution in [-0.2, 0) is 0 Å². The Hall–Kier alpha value is -4.33. The summed E-state index contributed by atoms with van der Waals surface area (Å²) in [7, 11) is 0. The van der Waals surface area contributed by atoms with E-state index in [1.807, 2.05) is 6.07 Å². The highest BCUT2D eigenvalue weighted by Crippen LogP contribution is 2.39. The number of hydrogen-bond acceptors (Lipinski definition) is 7. The summed E-state index contributed by atoms with van der Waals surface area (Å²) in [6, 6.07) is 11.7. The molecule has 1 aliphatic carbocycles. The van der Waals surface area contributed by atoms with Crippen molar-refractivity contribution in [2.45, 2.75) is 24.9 Å². The van der Waals surface area contributed by atoms with Gasteiger partial charge in [0.15, 0.2) is 5.82 Å². The summed E-state index contributed by atoms with van der Waals surface area (Å²) in [5.41, 5.74) is 1.97. The molecule has 0 unspecified atom stereocenters. The van der Waals surface area contributed by atoms with Crippen molar-refractivity contribution in [1.82, 2.24) is 25.0 Å². The van der Waals surface area contributed by atoms with Gasteiger partial charge in [-0.3, -0.25) is 4.98 Å². The maximum absolute atomic E-state index is 13.9. The van der Waals surface area contributed by atoms with E-state index in [2.05, 4.69) is 30.9 Å². The molecule has 3 heterocycles. The number of anilines is 3. The third kappa shape index (κ3) is 4.94. The molecule has 1 fully saturated rings. The maximum atomic E-state index is 13.9. The molecule has 12 heteroatoms. The van der Waals surface area contributed by atoms with Crippen molar-refractivity contribution in [2.24, 2.45) is 0 Å². The number of pyridine rings is 2. The van der Waals surface area contributed by atoms with E-state index in [4.69, 9.17) is 23.2 Å². The molecule has 194 valence electrons. The second kappa shape index (κ2) is 10.1. The fourth-order valence-electron chi connectivity index (χ4n) is 4.17. The highest BCUT2D eigenvalue weighted by molar-refractivity contribution is 6.36. The van der Waals surface area contributed by atoms with Gasteiger partial charge in [0.05, 0.1) is 53.3 Å². The minimum atomic E-state index is -1.68. The molecule has 0 amide bonds. The Balaban J connectivity index is 1.49. The second-order valence-electron chi connectivity index (χ2n) is 8.93. The Morgan fingerprint density at radius 3 is 2.64 bits per heavy atom. The molecule has 0 saturated heterocycles. The van der Waals surface area contributed by atoms with Crippen LogP contribution >= 0.6 is 23.2 Å². The second-order valence-corrected chi connectivity index (χ2v) is 9.74. The van der Waals surface area contributed by atoms with Crippen molar-refractivity contribution in [3.63, 3.8) is 0 Å². The molecule has 3 aromatic heterocycles. The van der Waals surface area contributed by atoms with Crippen molar-refractivity contribution < 1.29 is 10.2 Å². The van der Waals surface area contributed by atoms with Gasteiger partial charge in [-0.2, -0.15) is 9.65 Å². The number of halogens is 4. The standard InChI is InChI=1S/C27H18Cl2F2N8/c28-20-4-2-1-3-18(20)26(23-13-39(38-37-23)17-5-6-17)35-15-7-19-24(36-16-9-22(30)27(31)34-12-16)14(10-32)11-33-25(19)21(29)8-15/h1-4,7-9,11-13,17,26,35H,5-6H2,(H,33,36)/t26-/m0/s1/i26D. The molecule has 0 aliphatic heterocycles. The highest BCUT2D eigenvalue weighted by atomic mass is 35.5. The Morgan fingerprint density at radius 1 is 1.08 bits per heavy atom. The van der Waals surface area contributed by atoms with Gasteiger partial charge in [0.1, 0.15) is 11.8 Å². The summed E-state index contributed by atoms with van der Waals surface area (Å²) in [5.74, 6) is -2.40. The predicted molar refractivity (Wildman–Crippen MR) is 144 cm³/mol. The molecule has 0 spiro atoms. The quantitative estimate of drug-likeness (QED) is 0.206. The van der Waals surface area contributed by atoms with Crippen LogP contribution in [0, 0.1) is 23.1 Å². The molecule has 0 bridgehead atoms. The number of rotatable bonds is 7. The molecule has 39 heavy (non-hydrogen) atoms. The van der Waals surface area contributed by atoms with Crippen molar-refractivity contribution >= 4 is 51.2 Å². The smallest absolute Gasteiger partial charge is 0.249 e. The minimum Gasteiger partial charge on any atom is -0.373 e. The maximum Gasteiger partial charge on any atom is 0.249 e. The lowest BCUT2D eigenvalue weighted by Gasteiger charge is -2.21. The zero-order valence-electron chi connectivity index (χ0n) is 21.0. The average Bonchev–Trinajstić information content (AvgIpc) is 3.66. The van der Waals surface area contributed by atoms with E-state index in [1.165, 1.54) is 6.20 Å². The number of nitrogens with zero attached hydrogens (tertiary/aromatic N) is 6. The van der Waals surface area contributed by atoms with Crippen molar-refractivity contribution in [3.05, 3.63) is 99.7 Å². The van der Waals surface area contributed by atoms with E-state index in [0.717, 1.165) is 25.1 Å². The summed E-state index contributed by atoms with van der Waals surface area (Å²) in [6.07, 6.45) is 6.13. The van der Waals surface area contributed by atoms with E-state index >= 15 is 0 Å². The Bertz CT molecular complexity index is 1820. The molecule has 5 aromatic rings. The van der Waals surface area contributed by atoms with Crippen LogP contribution < -0.4 is 10.6 Å². The highest BCUT2D eigenvalue weighted by Gasteiger charge is 2.28. The fourth-order valence-corrected chi connectivity index (χ4v) is 4.67. The van der Waals surface area contributed by atoms with Crippen LogP contribution in [0.5, 0.6) is 0 Å². The Morgan fingerprint density at radius 2 is 1.90 bits per heavy atom. The zero-order chi connectivity index (χ0) is 28.0. The van der Waals surface area contributed by atoms with Crippen LogP contribution in [0.3, 0.4) is 0 Å². The van der Waals surface area contributed by atoms with E-state index < -0.39 is 17.8 Å². The lowest BCUT2D eigenvalue weighted by atomic mass is 10.0. The molecule has 1 aliphatic rings. The minimum absolute atomic E-state index is 0.111. The first-order chi connectivity index (χ1) is 19.3. The lowest BCUT2D eigenvalue weighted by Crippen LogP contribution is -2.14. The van der Waals surface area contributed by atoms with Gasteiger partial charge in [-0.05, 0) is 36.6 Å². The molecule has 0 radical (unpaired) electrons. The lowest BCUT2D eigenvalue weighted by molar-refractivity contribution is 0.480. The summed E-state index contributed by atoms with van der Waals surface area (Å²) in [6.45, 7) is 0. The first-order valence-electron chi connectivity index (χ1n) is 12.3. The molecular formula is C27H18Cl2F2N8. The van der Waals surface area contributed by atoms with Crippen LogP contribution in [0.25, 0.3) is 10.9 Å². The monoisotopic (exact) mass is 563 g/mol. The fraction of sp³-hybridized carbons (Fsp3) is 0.148. The summed E-state index contributed by atoms with van der Waals surface area (Å²) in [5, 5.41) is 25.4. The van der Waals surface area contributed by atoms with Gasteiger partial charge in [-0.1, -0.05) is 46.6 Å². The molecular weight excluding hydrogens is 545 g/mol. The van der Waals surface area contributed by atoms with E-state index in [1.54, 1.807) is 47.3 Å². The summed E-state index contributed by atoms with van der Waals surface area (Å²) < 4.78 is 38.6. The van der Waals surface area contributed by atoms with Gasteiger partial charge in [0, 0.05) is 28.4 Å². The van der Waals surface area contributed by atoms with Gasteiger partial charge >= 0.3 is 0 Å². The third-order valence-corrected chi connectivity index (χ3v) is 6.83. The number of hydrogen-bond donors (Lipinski definition) is 2. The number of nitrogens with one attached hydrogen (secondary N) is 2. The van der Waals surface area contributed by atoms with E-state index in [0.29, 0.717) is 32.9 Å². The number of fused-ring (bicyclic) bond motifs is 1. The van der Waals surface area contributed by atoms with Crippen LogP contribution in [0.2, 0.25) is 10.0 Å². The Kier molecular flexibility index (Phi) is 6.15. The summed E-state index contributed by atoms with van der Waals surface area (Å²) in [4.78, 5) is 7.71. The number of nitriles is 1. The van der Waals surface area contributed by atoms with Crippen molar-refractivity contribution in [3.8, 4) is 6.07 Å².